The van der Waals surface area contributed by atoms with Gasteiger partial charge in [0.05, 0.1) is 25.8 Å². The number of esters is 2. The Balaban J connectivity index is 1.83. The largest absolute Gasteiger partial charge is 0.465 e. The molecule has 28 heavy (non-hydrogen) atoms. The van der Waals surface area contributed by atoms with E-state index in [-0.39, 0.29) is 6.04 Å². The Morgan fingerprint density at radius 2 is 1.89 bits per heavy atom. The van der Waals surface area contributed by atoms with Crippen molar-refractivity contribution in [3.63, 3.8) is 0 Å². The van der Waals surface area contributed by atoms with Crippen molar-refractivity contribution in [1.82, 2.24) is 5.32 Å². The first-order valence-corrected chi connectivity index (χ1v) is 10.1. The molecule has 1 aromatic carbocycles. The first-order chi connectivity index (χ1) is 13.5. The van der Waals surface area contributed by atoms with Crippen molar-refractivity contribution in [1.29, 1.82) is 0 Å². The van der Waals surface area contributed by atoms with Gasteiger partial charge in [0, 0.05) is 0 Å². The highest BCUT2D eigenvalue weighted by molar-refractivity contribution is 7.80. The summed E-state index contributed by atoms with van der Waals surface area (Å²) in [7, 11) is 2.61. The summed E-state index contributed by atoms with van der Waals surface area (Å²) in [4.78, 5) is 24.6. The summed E-state index contributed by atoms with van der Waals surface area (Å²) in [6, 6.07) is 8.42. The van der Waals surface area contributed by atoms with E-state index in [2.05, 4.69) is 22.8 Å². The third kappa shape index (κ3) is 4.02. The van der Waals surface area contributed by atoms with Crippen molar-refractivity contribution < 1.29 is 19.1 Å². The fourth-order valence-electron chi connectivity index (χ4n) is 3.44. The number of thiocarbonyl (C=S) groups is 1. The maximum absolute atomic E-state index is 12.2. The Hall–Kier alpha value is -2.45. The van der Waals surface area contributed by atoms with Crippen LogP contribution in [0.15, 0.2) is 24.3 Å². The number of rotatable bonds is 4. The summed E-state index contributed by atoms with van der Waals surface area (Å²) in [5, 5.41) is 7.27. The third-order valence-corrected chi connectivity index (χ3v) is 6.22. The molecule has 8 heteroatoms. The van der Waals surface area contributed by atoms with Crippen LogP contribution in [-0.4, -0.2) is 31.3 Å². The molecule has 0 fully saturated rings. The number of thiophene rings is 1. The van der Waals surface area contributed by atoms with Crippen molar-refractivity contribution >= 4 is 45.6 Å². The van der Waals surface area contributed by atoms with Gasteiger partial charge in [0.15, 0.2) is 5.11 Å². The molecule has 1 heterocycles. The molecule has 1 atom stereocenters. The van der Waals surface area contributed by atoms with E-state index in [1.807, 2.05) is 12.1 Å². The lowest BCUT2D eigenvalue weighted by Gasteiger charge is -2.27. The molecule has 0 amide bonds. The summed E-state index contributed by atoms with van der Waals surface area (Å²) in [6.45, 7) is 1.69. The second-order valence-electron chi connectivity index (χ2n) is 6.49. The van der Waals surface area contributed by atoms with Crippen LogP contribution < -0.4 is 10.6 Å². The van der Waals surface area contributed by atoms with Gasteiger partial charge in [-0.3, -0.25) is 0 Å². The van der Waals surface area contributed by atoms with Crippen molar-refractivity contribution in [3.05, 3.63) is 51.4 Å². The number of carbonyl (C=O) groups excluding carboxylic acids is 2. The minimum absolute atomic E-state index is 0.104. The van der Waals surface area contributed by atoms with E-state index < -0.39 is 11.9 Å². The van der Waals surface area contributed by atoms with Crippen LogP contribution in [0.2, 0.25) is 0 Å². The summed E-state index contributed by atoms with van der Waals surface area (Å²) < 4.78 is 9.68. The molecule has 1 aliphatic rings. The number of benzene rings is 1. The average molecular weight is 419 g/mol. The number of ether oxygens (including phenoxy) is 2. The quantitative estimate of drug-likeness (QED) is 0.574. The monoisotopic (exact) mass is 418 g/mol. The number of hydrogen-bond donors (Lipinski definition) is 2. The molecule has 2 N–H and O–H groups in total. The maximum atomic E-state index is 12.2. The van der Waals surface area contributed by atoms with Crippen LogP contribution in [0.4, 0.5) is 5.00 Å². The van der Waals surface area contributed by atoms with Crippen LogP contribution in [0.25, 0.3) is 0 Å². The van der Waals surface area contributed by atoms with Gasteiger partial charge in [-0.05, 0) is 55.1 Å². The highest BCUT2D eigenvalue weighted by Crippen LogP contribution is 2.35. The van der Waals surface area contributed by atoms with Crippen molar-refractivity contribution in [2.75, 3.05) is 19.5 Å². The van der Waals surface area contributed by atoms with Gasteiger partial charge in [-0.1, -0.05) is 24.3 Å². The molecule has 0 bridgehead atoms. The third-order valence-electron chi connectivity index (χ3n) is 4.81. The minimum Gasteiger partial charge on any atom is -0.465 e. The molecule has 3 rings (SSSR count). The zero-order valence-corrected chi connectivity index (χ0v) is 17.6. The van der Waals surface area contributed by atoms with Gasteiger partial charge in [-0.2, -0.15) is 0 Å². The van der Waals surface area contributed by atoms with Gasteiger partial charge < -0.3 is 20.1 Å². The van der Waals surface area contributed by atoms with E-state index in [0.717, 1.165) is 30.6 Å². The molecule has 0 spiro atoms. The van der Waals surface area contributed by atoms with Gasteiger partial charge in [0.25, 0.3) is 0 Å². The minimum atomic E-state index is -0.530. The normalized spacial score (nSPS) is 15.3. The van der Waals surface area contributed by atoms with E-state index in [9.17, 15) is 9.59 Å². The zero-order chi connectivity index (χ0) is 20.3. The van der Waals surface area contributed by atoms with E-state index in [1.165, 1.54) is 25.3 Å². The van der Waals surface area contributed by atoms with Crippen LogP contribution in [0, 0.1) is 6.92 Å². The molecule has 1 aliphatic carbocycles. The molecule has 2 aromatic rings. The van der Waals surface area contributed by atoms with Gasteiger partial charge in [0.1, 0.15) is 9.88 Å². The predicted octanol–water partition coefficient (Wildman–Crippen LogP) is 3.99. The van der Waals surface area contributed by atoms with E-state index >= 15 is 0 Å². The number of fused-ring (bicyclic) bond motifs is 1. The topological polar surface area (TPSA) is 76.7 Å². The maximum Gasteiger partial charge on any atom is 0.348 e. The van der Waals surface area contributed by atoms with Crippen molar-refractivity contribution in [2.45, 2.75) is 32.2 Å². The van der Waals surface area contributed by atoms with E-state index in [0.29, 0.717) is 26.1 Å². The molecular formula is C20H22N2O4S2. The van der Waals surface area contributed by atoms with E-state index in [1.54, 1.807) is 6.92 Å². The number of aryl methyl sites for hydroxylation is 1. The Morgan fingerprint density at radius 3 is 2.61 bits per heavy atom. The van der Waals surface area contributed by atoms with Crippen LogP contribution in [0.5, 0.6) is 0 Å². The fourth-order valence-corrected chi connectivity index (χ4v) is 4.86. The highest BCUT2D eigenvalue weighted by atomic mass is 32.1. The van der Waals surface area contributed by atoms with Gasteiger partial charge in [-0.25, -0.2) is 9.59 Å². The second-order valence-corrected chi connectivity index (χ2v) is 7.91. The molecule has 0 saturated heterocycles. The molecule has 1 unspecified atom stereocenters. The average Bonchev–Trinajstić information content (AvgIpc) is 3.02. The lowest BCUT2D eigenvalue weighted by molar-refractivity contribution is 0.0601. The summed E-state index contributed by atoms with van der Waals surface area (Å²) in [5.41, 5.74) is 3.37. The first-order valence-electron chi connectivity index (χ1n) is 8.91. The molecule has 6 nitrogen and oxygen atoms in total. The first kappa shape index (κ1) is 20.3. The van der Waals surface area contributed by atoms with Gasteiger partial charge >= 0.3 is 11.9 Å². The lowest BCUT2D eigenvalue weighted by atomic mass is 9.88. The summed E-state index contributed by atoms with van der Waals surface area (Å²) >= 11 is 6.62. The second kappa shape index (κ2) is 8.70. The van der Waals surface area contributed by atoms with Gasteiger partial charge in [0.2, 0.25) is 0 Å². The SMILES string of the molecule is COC(=O)c1sc(NC(=S)NC2CCCc3ccccc32)c(C(=O)OC)c1C. The number of methoxy groups -OCH3 is 2. The standard InChI is InChI=1S/C20H22N2O4S2/c1-11-15(18(23)25-2)17(28-16(11)19(24)26-3)22-20(27)21-14-10-6-8-12-7-4-5-9-13(12)14/h4-5,7,9,14H,6,8,10H2,1-3H3,(H2,21,22,27). The van der Waals surface area contributed by atoms with Crippen LogP contribution in [0.3, 0.4) is 0 Å². The Labute approximate surface area is 173 Å². The van der Waals surface area contributed by atoms with Crippen LogP contribution in [-0.2, 0) is 15.9 Å². The van der Waals surface area contributed by atoms with Crippen LogP contribution in [0.1, 0.15) is 55.6 Å². The lowest BCUT2D eigenvalue weighted by Crippen LogP contribution is -2.34. The Kier molecular flexibility index (Phi) is 6.31. The molecule has 0 aliphatic heterocycles. The van der Waals surface area contributed by atoms with E-state index in [4.69, 9.17) is 21.7 Å². The van der Waals surface area contributed by atoms with Crippen LogP contribution >= 0.6 is 23.6 Å². The zero-order valence-electron chi connectivity index (χ0n) is 16.0. The van der Waals surface area contributed by atoms with Crippen molar-refractivity contribution in [2.24, 2.45) is 0 Å². The number of hydrogen-bond acceptors (Lipinski definition) is 6. The molecular weight excluding hydrogens is 396 g/mol. The number of carbonyl (C=O) groups is 2. The highest BCUT2D eigenvalue weighted by Gasteiger charge is 2.27. The fraction of sp³-hybridized carbons (Fsp3) is 0.350. The molecule has 0 saturated carbocycles. The number of nitrogens with one attached hydrogen (secondary N) is 2. The molecule has 148 valence electrons. The predicted molar refractivity (Wildman–Crippen MR) is 113 cm³/mol. The number of anilines is 1. The summed E-state index contributed by atoms with van der Waals surface area (Å²) in [5.74, 6) is -1.03. The molecule has 0 radical (unpaired) electrons. The smallest absolute Gasteiger partial charge is 0.348 e. The summed E-state index contributed by atoms with van der Waals surface area (Å²) in [6.07, 6.45) is 3.11. The Bertz CT molecular complexity index is 923. The molecule has 1 aromatic heterocycles. The van der Waals surface area contributed by atoms with Crippen molar-refractivity contribution in [3.8, 4) is 0 Å². The van der Waals surface area contributed by atoms with Gasteiger partial charge in [-0.15, -0.1) is 11.3 Å². The Morgan fingerprint density at radius 1 is 1.18 bits per heavy atom.